The number of allylic oxidation sites excluding steroid dienone is 1. The van der Waals surface area contributed by atoms with Crippen LogP contribution in [0.2, 0.25) is 0 Å². The van der Waals surface area contributed by atoms with E-state index in [0.717, 1.165) is 45.3 Å². The summed E-state index contributed by atoms with van der Waals surface area (Å²) in [5, 5.41) is 3.58. The highest BCUT2D eigenvalue weighted by Gasteiger charge is 2.24. The van der Waals surface area contributed by atoms with E-state index in [2.05, 4.69) is 11.4 Å². The Balaban J connectivity index is 1.66. The van der Waals surface area contributed by atoms with Crippen molar-refractivity contribution in [3.63, 3.8) is 0 Å². The van der Waals surface area contributed by atoms with Gasteiger partial charge in [-0.05, 0) is 31.8 Å². The van der Waals surface area contributed by atoms with Gasteiger partial charge in [0.25, 0.3) is 0 Å². The van der Waals surface area contributed by atoms with E-state index in [-0.39, 0.29) is 5.92 Å². The maximum atomic E-state index is 11.9. The molecule has 19 heavy (non-hydrogen) atoms. The Hall–Kier alpha value is -1.03. The topological polar surface area (TPSA) is 41.6 Å². The Bertz CT molecular complexity index is 320. The summed E-state index contributed by atoms with van der Waals surface area (Å²) in [7, 11) is 0. The first kappa shape index (κ1) is 14.4. The van der Waals surface area contributed by atoms with Crippen LogP contribution >= 0.6 is 0 Å². The normalized spacial score (nSPS) is 24.6. The van der Waals surface area contributed by atoms with E-state index in [4.69, 9.17) is 4.74 Å². The van der Waals surface area contributed by atoms with Crippen LogP contribution in [0.3, 0.4) is 0 Å². The van der Waals surface area contributed by atoms with Crippen molar-refractivity contribution in [2.45, 2.75) is 51.7 Å². The predicted molar refractivity (Wildman–Crippen MR) is 75.7 cm³/mol. The lowest BCUT2D eigenvalue weighted by atomic mass is 10.0. The Morgan fingerprint density at radius 1 is 1.37 bits per heavy atom. The van der Waals surface area contributed by atoms with Crippen molar-refractivity contribution in [2.75, 3.05) is 19.6 Å². The summed E-state index contributed by atoms with van der Waals surface area (Å²) < 4.78 is 5.55. The van der Waals surface area contributed by atoms with Gasteiger partial charge in [0.05, 0.1) is 6.26 Å². The summed E-state index contributed by atoms with van der Waals surface area (Å²) >= 11 is 0. The maximum absolute atomic E-state index is 11.9. The van der Waals surface area contributed by atoms with Crippen molar-refractivity contribution in [1.82, 2.24) is 10.2 Å². The number of rotatable bonds is 4. The molecule has 4 heteroatoms. The number of amides is 1. The number of nitrogens with one attached hydrogen (secondary N) is 1. The highest BCUT2D eigenvalue weighted by atomic mass is 16.5. The highest BCUT2D eigenvalue weighted by molar-refractivity contribution is 5.78. The zero-order valence-electron chi connectivity index (χ0n) is 12.1. The number of carbonyl (C=O) groups excluding carboxylic acids is 1. The third kappa shape index (κ3) is 4.23. The lowest BCUT2D eigenvalue weighted by molar-refractivity contribution is -0.135. The second-order valence-corrected chi connectivity index (χ2v) is 5.87. The van der Waals surface area contributed by atoms with Crippen molar-refractivity contribution in [3.05, 3.63) is 12.3 Å². The van der Waals surface area contributed by atoms with Crippen LogP contribution in [0.1, 0.15) is 39.5 Å². The molecule has 1 atom stereocenters. The zero-order chi connectivity index (χ0) is 13.7. The van der Waals surface area contributed by atoms with E-state index in [0.29, 0.717) is 18.1 Å². The fourth-order valence-corrected chi connectivity index (χ4v) is 2.70. The molecule has 0 bridgehead atoms. The van der Waals surface area contributed by atoms with E-state index < -0.39 is 0 Å². The molecule has 0 aromatic carbocycles. The first-order valence-electron chi connectivity index (χ1n) is 7.49. The van der Waals surface area contributed by atoms with E-state index >= 15 is 0 Å². The van der Waals surface area contributed by atoms with E-state index in [1.807, 2.05) is 25.0 Å². The van der Waals surface area contributed by atoms with Gasteiger partial charge in [-0.2, -0.15) is 0 Å². The Labute approximate surface area is 116 Å². The van der Waals surface area contributed by atoms with Gasteiger partial charge in [-0.25, -0.2) is 0 Å². The van der Waals surface area contributed by atoms with Crippen LogP contribution in [0.5, 0.6) is 0 Å². The quantitative estimate of drug-likeness (QED) is 0.845. The minimum absolute atomic E-state index is 0.118. The number of nitrogens with zero attached hydrogens (tertiary/aromatic N) is 1. The summed E-state index contributed by atoms with van der Waals surface area (Å²) in [4.78, 5) is 13.9. The summed E-state index contributed by atoms with van der Waals surface area (Å²) in [5.41, 5.74) is 0. The molecule has 0 aliphatic carbocycles. The fourth-order valence-electron chi connectivity index (χ4n) is 2.70. The minimum Gasteiger partial charge on any atom is -0.497 e. The third-order valence-corrected chi connectivity index (χ3v) is 3.96. The van der Waals surface area contributed by atoms with E-state index in [1.165, 1.54) is 0 Å². The van der Waals surface area contributed by atoms with E-state index in [9.17, 15) is 4.79 Å². The monoisotopic (exact) mass is 266 g/mol. The molecule has 2 aliphatic heterocycles. The van der Waals surface area contributed by atoms with Crippen molar-refractivity contribution in [1.29, 1.82) is 0 Å². The standard InChI is InChI=1S/C15H26N2O2/c1-12(2)15(18)17-8-6-13(7-9-17)16-11-14-5-3-4-10-19-14/h4,10,12-14,16H,3,5-9,11H2,1-2H3. The molecule has 2 heterocycles. The van der Waals surface area contributed by atoms with Gasteiger partial charge in [-0.15, -0.1) is 0 Å². The summed E-state index contributed by atoms with van der Waals surface area (Å²) in [6.07, 6.45) is 8.55. The average molecular weight is 266 g/mol. The molecule has 0 radical (unpaired) electrons. The largest absolute Gasteiger partial charge is 0.497 e. The van der Waals surface area contributed by atoms with Crippen LogP contribution in [-0.2, 0) is 9.53 Å². The molecule has 1 amide bonds. The van der Waals surface area contributed by atoms with Crippen LogP contribution < -0.4 is 5.32 Å². The molecule has 1 N–H and O–H groups in total. The molecule has 108 valence electrons. The van der Waals surface area contributed by atoms with Gasteiger partial charge in [-0.1, -0.05) is 13.8 Å². The van der Waals surface area contributed by atoms with Crippen molar-refractivity contribution < 1.29 is 9.53 Å². The van der Waals surface area contributed by atoms with Crippen LogP contribution in [0.4, 0.5) is 0 Å². The summed E-state index contributed by atoms with van der Waals surface area (Å²) in [5.74, 6) is 0.408. The van der Waals surface area contributed by atoms with Gasteiger partial charge in [0.1, 0.15) is 6.10 Å². The molecule has 1 fully saturated rings. The molecule has 0 aromatic heterocycles. The second-order valence-electron chi connectivity index (χ2n) is 5.87. The molecule has 0 saturated carbocycles. The second kappa shape index (κ2) is 6.94. The number of likely N-dealkylation sites (tertiary alicyclic amines) is 1. The maximum Gasteiger partial charge on any atom is 0.225 e. The lowest BCUT2D eigenvalue weighted by Crippen LogP contribution is -2.47. The Kier molecular flexibility index (Phi) is 5.25. The average Bonchev–Trinajstić information content (AvgIpc) is 2.46. The first-order valence-corrected chi connectivity index (χ1v) is 7.49. The number of ether oxygens (including phenoxy) is 1. The lowest BCUT2D eigenvalue weighted by Gasteiger charge is -2.34. The Morgan fingerprint density at radius 3 is 2.68 bits per heavy atom. The smallest absolute Gasteiger partial charge is 0.225 e. The van der Waals surface area contributed by atoms with Crippen LogP contribution in [0.25, 0.3) is 0 Å². The first-order chi connectivity index (χ1) is 9.16. The molecule has 1 saturated heterocycles. The predicted octanol–water partition coefficient (Wildman–Crippen LogP) is 1.92. The van der Waals surface area contributed by atoms with Gasteiger partial charge in [0.15, 0.2) is 0 Å². The van der Waals surface area contributed by atoms with Gasteiger partial charge in [0.2, 0.25) is 5.91 Å². The van der Waals surface area contributed by atoms with Crippen LogP contribution in [0, 0.1) is 5.92 Å². The van der Waals surface area contributed by atoms with Crippen LogP contribution in [0.15, 0.2) is 12.3 Å². The minimum atomic E-state index is 0.118. The van der Waals surface area contributed by atoms with Gasteiger partial charge < -0.3 is 15.0 Å². The van der Waals surface area contributed by atoms with Gasteiger partial charge in [0, 0.05) is 31.6 Å². The number of hydrogen-bond donors (Lipinski definition) is 1. The number of hydrogen-bond acceptors (Lipinski definition) is 3. The molecule has 0 aromatic rings. The number of carbonyl (C=O) groups is 1. The van der Waals surface area contributed by atoms with Crippen molar-refractivity contribution in [3.8, 4) is 0 Å². The van der Waals surface area contributed by atoms with Crippen LogP contribution in [-0.4, -0.2) is 42.6 Å². The molecule has 2 rings (SSSR count). The molecule has 2 aliphatic rings. The summed E-state index contributed by atoms with van der Waals surface area (Å²) in [6, 6.07) is 0.533. The number of piperidine rings is 1. The summed E-state index contributed by atoms with van der Waals surface area (Å²) in [6.45, 7) is 6.65. The third-order valence-electron chi connectivity index (χ3n) is 3.96. The highest BCUT2D eigenvalue weighted by Crippen LogP contribution is 2.14. The molecule has 4 nitrogen and oxygen atoms in total. The molecular formula is C15H26N2O2. The molecular weight excluding hydrogens is 240 g/mol. The van der Waals surface area contributed by atoms with Gasteiger partial charge in [-0.3, -0.25) is 4.79 Å². The fraction of sp³-hybridized carbons (Fsp3) is 0.800. The van der Waals surface area contributed by atoms with E-state index in [1.54, 1.807) is 0 Å². The zero-order valence-corrected chi connectivity index (χ0v) is 12.1. The SMILES string of the molecule is CC(C)C(=O)N1CCC(NCC2CCC=CO2)CC1. The Morgan fingerprint density at radius 2 is 2.11 bits per heavy atom. The molecule has 1 unspecified atom stereocenters. The molecule has 0 spiro atoms. The van der Waals surface area contributed by atoms with Gasteiger partial charge >= 0.3 is 0 Å². The van der Waals surface area contributed by atoms with Crippen molar-refractivity contribution >= 4 is 5.91 Å². The van der Waals surface area contributed by atoms with Crippen molar-refractivity contribution in [2.24, 2.45) is 5.92 Å².